The molecule has 1 aliphatic rings. The van der Waals surface area contributed by atoms with E-state index in [1.807, 2.05) is 18.3 Å². The Morgan fingerprint density at radius 1 is 1.14 bits per heavy atom. The fourth-order valence-electron chi connectivity index (χ4n) is 3.63. The molecule has 4 heterocycles. The number of nitrogen functional groups attached to an aromatic ring is 1. The Morgan fingerprint density at radius 3 is 2.93 bits per heavy atom. The van der Waals surface area contributed by atoms with E-state index < -0.39 is 6.86 Å². The first-order chi connectivity index (χ1) is 13.7. The van der Waals surface area contributed by atoms with Gasteiger partial charge >= 0.3 is 0 Å². The highest BCUT2D eigenvalue weighted by atomic mass is 19.1. The number of alkyl halides is 1. The van der Waals surface area contributed by atoms with Gasteiger partial charge in [0.05, 0.1) is 5.69 Å². The number of hydrogen-bond donors (Lipinski definition) is 1. The summed E-state index contributed by atoms with van der Waals surface area (Å²) in [6.07, 6.45) is 2.51. The maximum Gasteiger partial charge on any atom is 0.228 e. The molecule has 8 nitrogen and oxygen atoms in total. The molecule has 2 N–H and O–H groups in total. The first-order valence-electron chi connectivity index (χ1n) is 9.00. The highest BCUT2D eigenvalue weighted by Crippen LogP contribution is 2.28. The number of nitrogens with zero attached hydrogens (tertiary/aromatic N) is 6. The first kappa shape index (κ1) is 16.8. The van der Waals surface area contributed by atoms with Gasteiger partial charge in [-0.25, -0.2) is 14.4 Å². The topological polar surface area (TPSA) is 94.5 Å². The van der Waals surface area contributed by atoms with Crippen LogP contribution in [0.4, 0.5) is 10.3 Å². The second-order valence-electron chi connectivity index (χ2n) is 6.71. The van der Waals surface area contributed by atoms with Crippen LogP contribution in [0.3, 0.4) is 0 Å². The van der Waals surface area contributed by atoms with Gasteiger partial charge in [0, 0.05) is 37.6 Å². The van der Waals surface area contributed by atoms with E-state index in [0.29, 0.717) is 29.2 Å². The van der Waals surface area contributed by atoms with Gasteiger partial charge in [-0.2, -0.15) is 4.52 Å². The molecule has 0 unspecified atom stereocenters. The van der Waals surface area contributed by atoms with Crippen molar-refractivity contribution in [2.24, 2.45) is 0 Å². The van der Waals surface area contributed by atoms with E-state index in [9.17, 15) is 4.39 Å². The Hall–Kier alpha value is -3.33. The lowest BCUT2D eigenvalue weighted by Crippen LogP contribution is -2.20. The molecule has 0 atom stereocenters. The molecule has 1 aliphatic heterocycles. The van der Waals surface area contributed by atoms with Crippen molar-refractivity contribution in [3.05, 3.63) is 53.6 Å². The SMILES string of the molecule is Nc1nc2c(OCF)cccc2c2nc(CCN3Cc4cccnc4C3)nn12. The highest BCUT2D eigenvalue weighted by Gasteiger charge is 2.20. The third-order valence-electron chi connectivity index (χ3n) is 4.95. The molecular weight excluding hydrogens is 361 g/mol. The smallest absolute Gasteiger partial charge is 0.228 e. The maximum absolute atomic E-state index is 12.6. The van der Waals surface area contributed by atoms with Gasteiger partial charge in [0.1, 0.15) is 11.3 Å². The van der Waals surface area contributed by atoms with Crippen LogP contribution in [0.5, 0.6) is 5.75 Å². The number of ether oxygens (including phenoxy) is 1. The lowest BCUT2D eigenvalue weighted by Gasteiger charge is -2.12. The summed E-state index contributed by atoms with van der Waals surface area (Å²) in [6, 6.07) is 9.35. The quantitative estimate of drug-likeness (QED) is 0.567. The zero-order chi connectivity index (χ0) is 19.1. The second kappa shape index (κ2) is 6.68. The number of nitrogens with two attached hydrogens (primary N) is 1. The minimum atomic E-state index is -0.934. The summed E-state index contributed by atoms with van der Waals surface area (Å²) >= 11 is 0. The Kier molecular flexibility index (Phi) is 4.01. The number of benzene rings is 1. The summed E-state index contributed by atoms with van der Waals surface area (Å²) in [4.78, 5) is 15.7. The summed E-state index contributed by atoms with van der Waals surface area (Å²) in [5, 5.41) is 5.23. The van der Waals surface area contributed by atoms with Crippen molar-refractivity contribution in [2.75, 3.05) is 19.1 Å². The van der Waals surface area contributed by atoms with Crippen molar-refractivity contribution in [3.63, 3.8) is 0 Å². The normalized spacial score (nSPS) is 14.0. The number of anilines is 1. The van der Waals surface area contributed by atoms with Crippen LogP contribution in [-0.2, 0) is 19.5 Å². The van der Waals surface area contributed by atoms with Gasteiger partial charge in [0.15, 0.2) is 11.5 Å². The maximum atomic E-state index is 12.6. The summed E-state index contributed by atoms with van der Waals surface area (Å²) in [6.45, 7) is 1.60. The Morgan fingerprint density at radius 2 is 2.07 bits per heavy atom. The van der Waals surface area contributed by atoms with Gasteiger partial charge in [0.25, 0.3) is 0 Å². The summed E-state index contributed by atoms with van der Waals surface area (Å²) in [7, 11) is 0. The van der Waals surface area contributed by atoms with E-state index in [1.54, 1.807) is 12.1 Å². The predicted octanol–water partition coefficient (Wildman–Crippen LogP) is 2.12. The van der Waals surface area contributed by atoms with E-state index in [4.69, 9.17) is 10.5 Å². The molecule has 142 valence electrons. The van der Waals surface area contributed by atoms with Crippen LogP contribution in [-0.4, -0.2) is 42.9 Å². The van der Waals surface area contributed by atoms with Crippen molar-refractivity contribution < 1.29 is 9.13 Å². The molecule has 0 saturated heterocycles. The largest absolute Gasteiger partial charge is 0.461 e. The van der Waals surface area contributed by atoms with E-state index in [0.717, 1.165) is 30.7 Å². The second-order valence-corrected chi connectivity index (χ2v) is 6.71. The molecule has 0 aliphatic carbocycles. The zero-order valence-corrected chi connectivity index (χ0v) is 15.0. The van der Waals surface area contributed by atoms with Crippen LogP contribution in [0.1, 0.15) is 17.1 Å². The van der Waals surface area contributed by atoms with Crippen LogP contribution in [0.15, 0.2) is 36.5 Å². The highest BCUT2D eigenvalue weighted by molar-refractivity contribution is 5.95. The Labute approximate surface area is 159 Å². The fourth-order valence-corrected chi connectivity index (χ4v) is 3.63. The zero-order valence-electron chi connectivity index (χ0n) is 15.0. The molecule has 28 heavy (non-hydrogen) atoms. The standard InChI is InChI=1S/C19H18FN7O/c20-11-28-15-5-1-4-13-17(15)24-19(21)27-18(13)23-16(25-27)6-8-26-9-12-3-2-7-22-14(12)10-26/h1-5,7H,6,8-11H2,(H2,21,24). The molecule has 0 spiro atoms. The van der Waals surface area contributed by atoms with Crippen LogP contribution < -0.4 is 10.5 Å². The molecule has 5 rings (SSSR count). The number of rotatable bonds is 5. The van der Waals surface area contributed by atoms with E-state index >= 15 is 0 Å². The Balaban J connectivity index is 1.43. The molecular formula is C19H18FN7O. The average molecular weight is 379 g/mol. The Bertz CT molecular complexity index is 1150. The molecule has 0 saturated carbocycles. The molecule has 0 radical (unpaired) electrons. The van der Waals surface area contributed by atoms with E-state index in [2.05, 4.69) is 31.0 Å². The number of para-hydroxylation sites is 1. The van der Waals surface area contributed by atoms with Crippen LogP contribution in [0.25, 0.3) is 16.6 Å². The lowest BCUT2D eigenvalue weighted by atomic mass is 10.2. The third kappa shape index (κ3) is 2.80. The van der Waals surface area contributed by atoms with Gasteiger partial charge in [-0.1, -0.05) is 12.1 Å². The number of hydrogen-bond acceptors (Lipinski definition) is 7. The molecule has 0 amide bonds. The predicted molar refractivity (Wildman–Crippen MR) is 101 cm³/mol. The number of aromatic nitrogens is 5. The number of fused-ring (bicyclic) bond motifs is 4. The van der Waals surface area contributed by atoms with Gasteiger partial charge in [-0.15, -0.1) is 5.10 Å². The van der Waals surface area contributed by atoms with Crippen LogP contribution in [0.2, 0.25) is 0 Å². The van der Waals surface area contributed by atoms with Crippen molar-refractivity contribution in [1.82, 2.24) is 29.5 Å². The molecule has 0 fully saturated rings. The van der Waals surface area contributed by atoms with Gasteiger partial charge in [-0.3, -0.25) is 9.88 Å². The minimum absolute atomic E-state index is 0.189. The van der Waals surface area contributed by atoms with Crippen molar-refractivity contribution >= 4 is 22.5 Å². The van der Waals surface area contributed by atoms with Crippen molar-refractivity contribution in [3.8, 4) is 5.75 Å². The van der Waals surface area contributed by atoms with Crippen molar-refractivity contribution in [1.29, 1.82) is 0 Å². The summed E-state index contributed by atoms with van der Waals surface area (Å²) < 4.78 is 19.2. The molecule has 0 bridgehead atoms. The lowest BCUT2D eigenvalue weighted by molar-refractivity contribution is 0.193. The first-order valence-corrected chi connectivity index (χ1v) is 9.00. The summed E-state index contributed by atoms with van der Waals surface area (Å²) in [5.41, 5.74) is 9.52. The van der Waals surface area contributed by atoms with Crippen LogP contribution in [0, 0.1) is 0 Å². The number of pyridine rings is 1. The minimum Gasteiger partial charge on any atom is -0.461 e. The molecule has 3 aromatic heterocycles. The van der Waals surface area contributed by atoms with Gasteiger partial charge in [-0.05, 0) is 23.8 Å². The average Bonchev–Trinajstić information content (AvgIpc) is 3.31. The van der Waals surface area contributed by atoms with Gasteiger partial charge < -0.3 is 10.5 Å². The third-order valence-corrected chi connectivity index (χ3v) is 4.95. The summed E-state index contributed by atoms with van der Waals surface area (Å²) in [5.74, 6) is 1.21. The van der Waals surface area contributed by atoms with Gasteiger partial charge in [0.2, 0.25) is 12.8 Å². The monoisotopic (exact) mass is 379 g/mol. The molecule has 9 heteroatoms. The van der Waals surface area contributed by atoms with E-state index in [1.165, 1.54) is 10.1 Å². The molecule has 4 aromatic rings. The van der Waals surface area contributed by atoms with Crippen molar-refractivity contribution in [2.45, 2.75) is 19.5 Å². The molecule has 1 aromatic carbocycles. The van der Waals surface area contributed by atoms with Crippen LogP contribution >= 0.6 is 0 Å². The number of halogens is 1. The van der Waals surface area contributed by atoms with E-state index in [-0.39, 0.29) is 5.95 Å². The fraction of sp³-hybridized carbons (Fsp3) is 0.263.